The van der Waals surface area contributed by atoms with Crippen molar-refractivity contribution >= 4 is 24.5 Å². The largest absolute Gasteiger partial charge is 0.445 e. The quantitative estimate of drug-likeness (QED) is 0.349. The van der Waals surface area contributed by atoms with E-state index in [1.165, 1.54) is 6.08 Å². The highest BCUT2D eigenvalue weighted by Crippen LogP contribution is 2.37. The summed E-state index contributed by atoms with van der Waals surface area (Å²) >= 11 is 0. The van der Waals surface area contributed by atoms with Crippen molar-refractivity contribution in [2.24, 2.45) is 0 Å². The topological polar surface area (TPSA) is 82.1 Å². The van der Waals surface area contributed by atoms with Crippen LogP contribution in [0.3, 0.4) is 0 Å². The molecule has 1 amide bonds. The number of carbonyl (C=O) groups excluding carboxylic acids is 1. The van der Waals surface area contributed by atoms with Crippen LogP contribution in [-0.2, 0) is 23.5 Å². The molecular formula is C17H33NO6SSi. The molecule has 26 heavy (non-hydrogen) atoms. The van der Waals surface area contributed by atoms with E-state index in [-0.39, 0.29) is 30.3 Å². The first-order chi connectivity index (χ1) is 11.8. The van der Waals surface area contributed by atoms with E-state index in [0.717, 1.165) is 12.7 Å². The van der Waals surface area contributed by atoms with Gasteiger partial charge in [0.05, 0.1) is 31.6 Å². The van der Waals surface area contributed by atoms with E-state index >= 15 is 0 Å². The van der Waals surface area contributed by atoms with Gasteiger partial charge in [-0.05, 0) is 31.0 Å². The number of carbonyl (C=O) groups is 1. The molecule has 1 saturated heterocycles. The Balaban J connectivity index is 2.85. The Labute approximate surface area is 158 Å². The van der Waals surface area contributed by atoms with Gasteiger partial charge < -0.3 is 9.16 Å². The Bertz CT molecular complexity index is 599. The molecular weight excluding hydrogens is 374 g/mol. The van der Waals surface area contributed by atoms with Gasteiger partial charge in [0.2, 0.25) is 0 Å². The Hall–Kier alpha value is -0.903. The average Bonchev–Trinajstić information content (AvgIpc) is 2.90. The number of rotatable bonds is 8. The molecule has 1 heterocycles. The summed E-state index contributed by atoms with van der Waals surface area (Å²) in [6, 6.07) is -0.510. The third-order valence-electron chi connectivity index (χ3n) is 5.07. The number of nitrogens with zero attached hydrogens (tertiary/aromatic N) is 1. The third kappa shape index (κ3) is 6.68. The smallest absolute Gasteiger partial charge is 0.410 e. The van der Waals surface area contributed by atoms with Crippen molar-refractivity contribution in [3.05, 3.63) is 12.7 Å². The van der Waals surface area contributed by atoms with Crippen molar-refractivity contribution in [3.8, 4) is 0 Å². The van der Waals surface area contributed by atoms with E-state index < -0.39 is 24.5 Å². The van der Waals surface area contributed by atoms with Crippen LogP contribution in [0.2, 0.25) is 18.1 Å². The molecule has 0 aliphatic carbocycles. The van der Waals surface area contributed by atoms with E-state index in [2.05, 4.69) is 40.4 Å². The maximum absolute atomic E-state index is 12.5. The first-order valence-electron chi connectivity index (χ1n) is 8.83. The second kappa shape index (κ2) is 8.86. The minimum atomic E-state index is -3.57. The molecule has 1 aliphatic heterocycles. The second-order valence-corrected chi connectivity index (χ2v) is 14.7. The Morgan fingerprint density at radius 3 is 2.23 bits per heavy atom. The van der Waals surface area contributed by atoms with E-state index in [4.69, 9.17) is 13.3 Å². The number of amides is 1. The van der Waals surface area contributed by atoms with Gasteiger partial charge in [-0.1, -0.05) is 33.4 Å². The molecule has 1 rings (SSSR count). The predicted molar refractivity (Wildman–Crippen MR) is 104 cm³/mol. The van der Waals surface area contributed by atoms with Gasteiger partial charge in [0.1, 0.15) is 6.61 Å². The summed E-state index contributed by atoms with van der Waals surface area (Å²) in [5.41, 5.74) is 0. The monoisotopic (exact) mass is 407 g/mol. The van der Waals surface area contributed by atoms with Crippen LogP contribution in [-0.4, -0.2) is 65.9 Å². The minimum absolute atomic E-state index is 0.0680. The molecule has 1 aliphatic rings. The van der Waals surface area contributed by atoms with Crippen LogP contribution >= 0.6 is 0 Å². The molecule has 9 heteroatoms. The summed E-state index contributed by atoms with van der Waals surface area (Å²) in [6.07, 6.45) is 3.37. The Morgan fingerprint density at radius 1 is 1.23 bits per heavy atom. The lowest BCUT2D eigenvalue weighted by Crippen LogP contribution is -2.49. The van der Waals surface area contributed by atoms with E-state index in [1.54, 1.807) is 4.90 Å². The van der Waals surface area contributed by atoms with Crippen LogP contribution in [0.1, 0.15) is 33.6 Å². The zero-order chi connectivity index (χ0) is 20.2. The maximum Gasteiger partial charge on any atom is 0.410 e. The van der Waals surface area contributed by atoms with Crippen molar-refractivity contribution in [1.82, 2.24) is 4.90 Å². The van der Waals surface area contributed by atoms with Crippen molar-refractivity contribution in [2.45, 2.75) is 63.8 Å². The van der Waals surface area contributed by atoms with Crippen molar-refractivity contribution in [1.29, 1.82) is 0 Å². The molecule has 1 fully saturated rings. The third-order valence-corrected chi connectivity index (χ3v) is 10.1. The molecule has 0 spiro atoms. The van der Waals surface area contributed by atoms with Crippen LogP contribution in [0.25, 0.3) is 0 Å². The fourth-order valence-corrected chi connectivity index (χ4v) is 3.96. The maximum atomic E-state index is 12.5. The summed E-state index contributed by atoms with van der Waals surface area (Å²) in [5, 5.41) is 0.0680. The normalized spacial score (nSPS) is 21.7. The number of hydrogen-bond acceptors (Lipinski definition) is 6. The molecule has 0 saturated carbocycles. The van der Waals surface area contributed by atoms with Gasteiger partial charge in [-0.25, -0.2) is 4.79 Å². The number of hydrogen-bond donors (Lipinski definition) is 0. The van der Waals surface area contributed by atoms with Gasteiger partial charge in [-0.15, -0.1) is 0 Å². The van der Waals surface area contributed by atoms with Gasteiger partial charge in [0.15, 0.2) is 8.32 Å². The van der Waals surface area contributed by atoms with Gasteiger partial charge in [-0.2, -0.15) is 8.42 Å². The lowest BCUT2D eigenvalue weighted by atomic mass is 10.2. The SMILES string of the molecule is C=CCOC(=O)N1C(CO[Si](C)(C)C(C)(C)C)CCC1COS(C)(=O)=O. The molecule has 7 nitrogen and oxygen atoms in total. The van der Waals surface area contributed by atoms with Crippen molar-refractivity contribution in [3.63, 3.8) is 0 Å². The highest BCUT2D eigenvalue weighted by atomic mass is 32.2. The number of likely N-dealkylation sites (tertiary alicyclic amines) is 1. The predicted octanol–water partition coefficient (Wildman–Crippen LogP) is 3.14. The first kappa shape index (κ1) is 23.1. The molecule has 0 N–H and O–H groups in total. The standard InChI is InChI=1S/C17H33NO6SSi/c1-8-11-22-16(19)18-14(12-23-25(5,20)21)9-10-15(18)13-24-26(6,7)17(2,3)4/h8,14-15H,1,9-13H2,2-7H3. The Morgan fingerprint density at radius 2 is 1.77 bits per heavy atom. The van der Waals surface area contributed by atoms with Gasteiger partial charge in [-0.3, -0.25) is 9.08 Å². The Kier molecular flexibility index (Phi) is 7.88. The van der Waals surface area contributed by atoms with Crippen LogP contribution in [0.4, 0.5) is 4.79 Å². The van der Waals surface area contributed by atoms with Gasteiger partial charge >= 0.3 is 6.09 Å². The number of ether oxygens (including phenoxy) is 1. The lowest BCUT2D eigenvalue weighted by Gasteiger charge is -2.38. The summed E-state index contributed by atoms with van der Waals surface area (Å²) in [5.74, 6) is 0. The summed E-state index contributed by atoms with van der Waals surface area (Å²) in [7, 11) is -5.52. The van der Waals surface area contributed by atoms with Crippen LogP contribution in [0.15, 0.2) is 12.7 Å². The molecule has 0 radical (unpaired) electrons. The van der Waals surface area contributed by atoms with E-state index in [9.17, 15) is 13.2 Å². The highest BCUT2D eigenvalue weighted by molar-refractivity contribution is 7.85. The van der Waals surface area contributed by atoms with Crippen molar-refractivity contribution < 1.29 is 26.6 Å². The molecule has 0 aromatic heterocycles. The summed E-state index contributed by atoms with van der Waals surface area (Å²) in [6.45, 7) is 14.8. The zero-order valence-electron chi connectivity index (χ0n) is 16.8. The summed E-state index contributed by atoms with van der Waals surface area (Å²) < 4.78 is 39.0. The van der Waals surface area contributed by atoms with Crippen LogP contribution in [0.5, 0.6) is 0 Å². The van der Waals surface area contributed by atoms with E-state index in [0.29, 0.717) is 13.0 Å². The fourth-order valence-electron chi connectivity index (χ4n) is 2.51. The fraction of sp³-hybridized carbons (Fsp3) is 0.824. The lowest BCUT2D eigenvalue weighted by molar-refractivity contribution is 0.0679. The molecule has 2 atom stereocenters. The van der Waals surface area contributed by atoms with Gasteiger partial charge in [0.25, 0.3) is 10.1 Å². The highest BCUT2D eigenvalue weighted by Gasteiger charge is 2.42. The van der Waals surface area contributed by atoms with Crippen molar-refractivity contribution in [2.75, 3.05) is 26.1 Å². The molecule has 2 unspecified atom stereocenters. The molecule has 0 aromatic carbocycles. The second-order valence-electron chi connectivity index (χ2n) is 8.22. The average molecular weight is 408 g/mol. The van der Waals surface area contributed by atoms with E-state index in [1.807, 2.05) is 0 Å². The zero-order valence-corrected chi connectivity index (χ0v) is 18.6. The minimum Gasteiger partial charge on any atom is -0.445 e. The molecule has 0 aromatic rings. The molecule has 152 valence electrons. The van der Waals surface area contributed by atoms with Crippen LogP contribution < -0.4 is 0 Å². The molecule has 0 bridgehead atoms. The van der Waals surface area contributed by atoms with Crippen LogP contribution in [0, 0.1) is 0 Å². The first-order valence-corrected chi connectivity index (χ1v) is 13.6. The van der Waals surface area contributed by atoms with Gasteiger partial charge in [0, 0.05) is 0 Å². The summed E-state index contributed by atoms with van der Waals surface area (Å²) in [4.78, 5) is 14.0.